The lowest BCUT2D eigenvalue weighted by molar-refractivity contribution is -0.00167. The van der Waals surface area contributed by atoms with Crippen molar-refractivity contribution in [1.29, 1.82) is 0 Å². The van der Waals surface area contributed by atoms with Crippen molar-refractivity contribution in [2.45, 2.75) is 51.2 Å². The minimum atomic E-state index is -0.312. The highest BCUT2D eigenvalue weighted by Crippen LogP contribution is 2.39. The first-order chi connectivity index (χ1) is 7.60. The first kappa shape index (κ1) is 12.0. The summed E-state index contributed by atoms with van der Waals surface area (Å²) < 4.78 is 5.55. The van der Waals surface area contributed by atoms with Gasteiger partial charge in [-0.3, -0.25) is 0 Å². The normalized spacial score (nSPS) is 23.9. The van der Waals surface area contributed by atoms with Crippen LogP contribution in [0, 0.1) is 0 Å². The Morgan fingerprint density at radius 3 is 2.94 bits per heavy atom. The smallest absolute Gasteiger partial charge is 0.125 e. The molecule has 2 rings (SSSR count). The fourth-order valence-electron chi connectivity index (χ4n) is 2.01. The number of aromatic nitrogens is 1. The molecule has 0 spiro atoms. The van der Waals surface area contributed by atoms with Crippen molar-refractivity contribution >= 4 is 11.3 Å². The maximum atomic E-state index is 9.92. The predicted octanol–water partition coefficient (Wildman–Crippen LogP) is 2.78. The van der Waals surface area contributed by atoms with Crippen molar-refractivity contribution in [2.75, 3.05) is 7.11 Å². The lowest BCUT2D eigenvalue weighted by Gasteiger charge is -2.23. The number of nitrogens with zero attached hydrogens (tertiary/aromatic N) is 1. The monoisotopic (exact) mass is 241 g/mol. The van der Waals surface area contributed by atoms with Crippen LogP contribution in [0.4, 0.5) is 0 Å². The molecule has 16 heavy (non-hydrogen) atoms. The van der Waals surface area contributed by atoms with Crippen LogP contribution in [0.3, 0.4) is 0 Å². The van der Waals surface area contributed by atoms with Crippen LogP contribution < -0.4 is 0 Å². The zero-order chi connectivity index (χ0) is 11.8. The van der Waals surface area contributed by atoms with E-state index in [4.69, 9.17) is 4.74 Å². The third-order valence-corrected chi connectivity index (χ3v) is 4.94. The van der Waals surface area contributed by atoms with E-state index in [0.717, 1.165) is 41.3 Å². The largest absolute Gasteiger partial charge is 0.388 e. The molecular formula is C12H19NO2S. The zero-order valence-corrected chi connectivity index (χ0v) is 10.9. The average Bonchev–Trinajstić information content (AvgIpc) is 2.74. The van der Waals surface area contributed by atoms with E-state index in [2.05, 4.69) is 18.8 Å². The summed E-state index contributed by atoms with van der Waals surface area (Å²) in [5.74, 6) is 0. The molecule has 1 aliphatic rings. The van der Waals surface area contributed by atoms with Crippen LogP contribution in [-0.2, 0) is 16.8 Å². The van der Waals surface area contributed by atoms with E-state index in [9.17, 15) is 5.11 Å². The average molecular weight is 241 g/mol. The van der Waals surface area contributed by atoms with Gasteiger partial charge in [-0.25, -0.2) is 4.98 Å². The third-order valence-electron chi connectivity index (χ3n) is 3.50. The molecule has 0 aromatic carbocycles. The second kappa shape index (κ2) is 4.43. The van der Waals surface area contributed by atoms with Crippen molar-refractivity contribution in [3.63, 3.8) is 0 Å². The lowest BCUT2D eigenvalue weighted by Crippen LogP contribution is -2.22. The number of hydrogen-bond acceptors (Lipinski definition) is 4. The highest BCUT2D eigenvalue weighted by Gasteiger charge is 2.31. The Kier molecular flexibility index (Phi) is 3.33. The van der Waals surface area contributed by atoms with E-state index in [1.807, 2.05) is 0 Å². The van der Waals surface area contributed by atoms with Crippen LogP contribution in [0.5, 0.6) is 0 Å². The van der Waals surface area contributed by atoms with E-state index < -0.39 is 0 Å². The summed E-state index contributed by atoms with van der Waals surface area (Å²) in [4.78, 5) is 5.70. The summed E-state index contributed by atoms with van der Waals surface area (Å²) in [7, 11) is 1.72. The highest BCUT2D eigenvalue weighted by atomic mass is 32.1. The van der Waals surface area contributed by atoms with E-state index in [1.165, 1.54) is 0 Å². The summed E-state index contributed by atoms with van der Waals surface area (Å²) in [5.41, 5.74) is 0.775. The minimum Gasteiger partial charge on any atom is -0.388 e. The highest BCUT2D eigenvalue weighted by molar-refractivity contribution is 7.12. The van der Waals surface area contributed by atoms with Crippen molar-refractivity contribution in [1.82, 2.24) is 4.98 Å². The van der Waals surface area contributed by atoms with Gasteiger partial charge in [0.05, 0.1) is 16.7 Å². The number of aliphatic hydroxyl groups excluding tert-OH is 1. The van der Waals surface area contributed by atoms with Crippen LogP contribution in [0.2, 0.25) is 0 Å². The lowest BCUT2D eigenvalue weighted by atomic mass is 10.0. The molecule has 0 radical (unpaired) electrons. The first-order valence-electron chi connectivity index (χ1n) is 5.84. The summed E-state index contributed by atoms with van der Waals surface area (Å²) in [5, 5.41) is 10.9. The molecule has 0 fully saturated rings. The number of rotatable bonds is 3. The standard InChI is InChI=1S/C12H19NO2S/c1-4-12(2,15-3)11-13-8-6-5-7-9(14)10(8)16-11/h9,14H,4-7H2,1-3H3. The number of thiazole rings is 1. The van der Waals surface area contributed by atoms with Crippen LogP contribution in [-0.4, -0.2) is 17.2 Å². The quantitative estimate of drug-likeness (QED) is 0.884. The number of fused-ring (bicyclic) bond motifs is 1. The Labute approximate surface area is 100 Å². The van der Waals surface area contributed by atoms with Gasteiger partial charge in [-0.05, 0) is 32.6 Å². The van der Waals surface area contributed by atoms with Crippen LogP contribution >= 0.6 is 11.3 Å². The van der Waals surface area contributed by atoms with Gasteiger partial charge in [0.2, 0.25) is 0 Å². The Balaban J connectivity index is 2.37. The van der Waals surface area contributed by atoms with Crippen molar-refractivity contribution in [3.05, 3.63) is 15.6 Å². The van der Waals surface area contributed by atoms with Gasteiger partial charge < -0.3 is 9.84 Å². The molecule has 4 heteroatoms. The van der Waals surface area contributed by atoms with Crippen molar-refractivity contribution in [3.8, 4) is 0 Å². The summed E-state index contributed by atoms with van der Waals surface area (Å²) in [6.45, 7) is 4.16. The van der Waals surface area contributed by atoms with Crippen LogP contribution in [0.1, 0.15) is 54.8 Å². The fourth-order valence-corrected chi connectivity index (χ4v) is 3.33. The molecule has 1 aromatic heterocycles. The third kappa shape index (κ3) is 1.90. The molecule has 1 N–H and O–H groups in total. The van der Waals surface area contributed by atoms with Gasteiger partial charge in [0.15, 0.2) is 0 Å². The maximum Gasteiger partial charge on any atom is 0.125 e. The van der Waals surface area contributed by atoms with Crippen molar-refractivity contribution in [2.24, 2.45) is 0 Å². The molecule has 0 aliphatic heterocycles. The molecule has 1 heterocycles. The van der Waals surface area contributed by atoms with Crippen molar-refractivity contribution < 1.29 is 9.84 Å². The summed E-state index contributed by atoms with van der Waals surface area (Å²) in [6, 6.07) is 0. The molecule has 1 aliphatic carbocycles. The number of ether oxygens (including phenoxy) is 1. The zero-order valence-electron chi connectivity index (χ0n) is 10.1. The molecule has 2 unspecified atom stereocenters. The fraction of sp³-hybridized carbons (Fsp3) is 0.750. The molecule has 0 saturated carbocycles. The minimum absolute atomic E-state index is 0.304. The number of hydrogen-bond donors (Lipinski definition) is 1. The molecule has 90 valence electrons. The maximum absolute atomic E-state index is 9.92. The molecule has 0 saturated heterocycles. The van der Waals surface area contributed by atoms with Gasteiger partial charge in [0.1, 0.15) is 10.6 Å². The second-order valence-electron chi connectivity index (χ2n) is 4.53. The Morgan fingerprint density at radius 1 is 1.62 bits per heavy atom. The van der Waals surface area contributed by atoms with Gasteiger partial charge in [0.25, 0.3) is 0 Å². The van der Waals surface area contributed by atoms with E-state index >= 15 is 0 Å². The van der Waals surface area contributed by atoms with E-state index in [1.54, 1.807) is 18.4 Å². The SMILES string of the molecule is CCC(C)(OC)c1nc2c(s1)C(O)CCC2. The van der Waals surface area contributed by atoms with E-state index in [-0.39, 0.29) is 11.7 Å². The summed E-state index contributed by atoms with van der Waals surface area (Å²) >= 11 is 1.61. The van der Waals surface area contributed by atoms with Gasteiger partial charge in [-0.15, -0.1) is 11.3 Å². The van der Waals surface area contributed by atoms with E-state index in [0.29, 0.717) is 0 Å². The van der Waals surface area contributed by atoms with Crippen LogP contribution in [0.15, 0.2) is 0 Å². The Hall–Kier alpha value is -0.450. The van der Waals surface area contributed by atoms with Gasteiger partial charge in [-0.1, -0.05) is 6.92 Å². The van der Waals surface area contributed by atoms with Gasteiger partial charge in [-0.2, -0.15) is 0 Å². The second-order valence-corrected chi connectivity index (χ2v) is 5.56. The topological polar surface area (TPSA) is 42.4 Å². The Bertz CT molecular complexity index is 371. The molecule has 0 amide bonds. The van der Waals surface area contributed by atoms with Gasteiger partial charge in [0, 0.05) is 7.11 Å². The molecular weight excluding hydrogens is 222 g/mol. The van der Waals surface area contributed by atoms with Gasteiger partial charge >= 0.3 is 0 Å². The molecule has 2 atom stereocenters. The van der Waals surface area contributed by atoms with Crippen LogP contribution in [0.25, 0.3) is 0 Å². The number of aryl methyl sites for hydroxylation is 1. The predicted molar refractivity (Wildman–Crippen MR) is 64.7 cm³/mol. The number of methoxy groups -OCH3 is 1. The first-order valence-corrected chi connectivity index (χ1v) is 6.65. The number of aliphatic hydroxyl groups is 1. The molecule has 0 bridgehead atoms. The molecule has 1 aromatic rings. The molecule has 3 nitrogen and oxygen atoms in total. The Morgan fingerprint density at radius 2 is 2.38 bits per heavy atom. The summed E-state index contributed by atoms with van der Waals surface area (Å²) in [6.07, 6.45) is 3.48.